The van der Waals surface area contributed by atoms with Crippen molar-refractivity contribution in [2.75, 3.05) is 0 Å². The number of alkyl halides is 3. The summed E-state index contributed by atoms with van der Waals surface area (Å²) >= 11 is 0. The molecule has 0 saturated carbocycles. The van der Waals surface area contributed by atoms with Crippen LogP contribution in [-0.4, -0.2) is 10.9 Å². The Bertz CT molecular complexity index is 2200. The van der Waals surface area contributed by atoms with Crippen LogP contribution >= 0.6 is 0 Å². The Balaban J connectivity index is 1.72. The molecule has 0 bridgehead atoms. The molecule has 234 valence electrons. The largest absolute Gasteiger partial charge is 0.418 e. The Morgan fingerprint density at radius 2 is 0.896 bits per heavy atom. The summed E-state index contributed by atoms with van der Waals surface area (Å²) in [7, 11) is 0. The molecular weight excluding hydrogens is 605 g/mol. The third-order valence-corrected chi connectivity index (χ3v) is 8.40. The van der Waals surface area contributed by atoms with Gasteiger partial charge in [0, 0.05) is 29.1 Å². The average Bonchev–Trinajstić information content (AvgIpc) is 3.13. The molecule has 1 N–H and O–H groups in total. The number of fused-ring (bicyclic) bond motifs is 1. The van der Waals surface area contributed by atoms with Gasteiger partial charge in [0.15, 0.2) is 0 Å². The highest BCUT2D eigenvalue weighted by Gasteiger charge is 2.38. The van der Waals surface area contributed by atoms with Gasteiger partial charge in [0.2, 0.25) is 0 Å². The van der Waals surface area contributed by atoms with Gasteiger partial charge < -0.3 is 5.32 Å². The molecule has 0 aliphatic rings. The van der Waals surface area contributed by atoms with Gasteiger partial charge in [0.25, 0.3) is 5.91 Å². The fraction of sp³-hybridized carbons (Fsp3) is 0.0476. The number of halogens is 3. The van der Waals surface area contributed by atoms with E-state index in [-0.39, 0.29) is 23.0 Å². The van der Waals surface area contributed by atoms with Gasteiger partial charge in [-0.25, -0.2) is 4.98 Å². The van der Waals surface area contributed by atoms with Crippen LogP contribution in [0, 0.1) is 0 Å². The van der Waals surface area contributed by atoms with E-state index >= 15 is 13.2 Å². The van der Waals surface area contributed by atoms with E-state index in [0.717, 1.165) is 22.9 Å². The lowest BCUT2D eigenvalue weighted by Gasteiger charge is -2.27. The molecule has 0 aliphatic carbocycles. The first-order valence-electron chi connectivity index (χ1n) is 15.6. The van der Waals surface area contributed by atoms with E-state index in [4.69, 9.17) is 0 Å². The van der Waals surface area contributed by atoms with Crippen LogP contribution in [0.1, 0.15) is 21.6 Å². The molecule has 0 fully saturated rings. The maximum atomic E-state index is 15.3. The zero-order valence-corrected chi connectivity index (χ0v) is 25.7. The third-order valence-electron chi connectivity index (χ3n) is 8.40. The van der Waals surface area contributed by atoms with Gasteiger partial charge in [-0.2, -0.15) is 13.2 Å². The molecule has 0 saturated heterocycles. The molecular formula is C42H29F3N2O. The fourth-order valence-corrected chi connectivity index (χ4v) is 6.34. The fourth-order valence-electron chi connectivity index (χ4n) is 6.34. The quantitative estimate of drug-likeness (QED) is 0.190. The first-order valence-corrected chi connectivity index (χ1v) is 15.6. The molecule has 0 radical (unpaired) electrons. The minimum atomic E-state index is -4.77. The van der Waals surface area contributed by atoms with Crippen LogP contribution in [0.4, 0.5) is 13.2 Å². The predicted octanol–water partition coefficient (Wildman–Crippen LogP) is 10.9. The number of pyridine rings is 1. The van der Waals surface area contributed by atoms with E-state index in [1.54, 1.807) is 0 Å². The lowest BCUT2D eigenvalue weighted by molar-refractivity contribution is -0.136. The molecule has 6 aromatic carbocycles. The van der Waals surface area contributed by atoms with Crippen LogP contribution in [0.3, 0.4) is 0 Å². The van der Waals surface area contributed by atoms with Gasteiger partial charge in [-0.3, -0.25) is 4.79 Å². The summed E-state index contributed by atoms with van der Waals surface area (Å²) in [4.78, 5) is 18.5. The zero-order valence-electron chi connectivity index (χ0n) is 25.7. The molecule has 1 amide bonds. The molecule has 0 unspecified atom stereocenters. The lowest BCUT2D eigenvalue weighted by Crippen LogP contribution is -2.25. The molecule has 48 heavy (non-hydrogen) atoms. The molecule has 1 aromatic heterocycles. The van der Waals surface area contributed by atoms with Crippen LogP contribution in [0.2, 0.25) is 0 Å². The molecule has 0 spiro atoms. The highest BCUT2D eigenvalue weighted by Crippen LogP contribution is 2.53. The molecule has 0 aliphatic heterocycles. The van der Waals surface area contributed by atoms with Crippen molar-refractivity contribution >= 4 is 16.7 Å². The maximum Gasteiger partial charge on any atom is 0.418 e. The second-order valence-electron chi connectivity index (χ2n) is 11.4. The predicted molar refractivity (Wildman–Crippen MR) is 186 cm³/mol. The van der Waals surface area contributed by atoms with Crippen LogP contribution < -0.4 is 5.32 Å². The summed E-state index contributed by atoms with van der Waals surface area (Å²) in [5.74, 6) is -0.569. The Kier molecular flexibility index (Phi) is 8.30. The molecule has 0 atom stereocenters. The molecule has 6 heteroatoms. The van der Waals surface area contributed by atoms with Gasteiger partial charge in [0.1, 0.15) is 5.69 Å². The van der Waals surface area contributed by atoms with E-state index in [0.29, 0.717) is 33.4 Å². The number of amides is 1. The van der Waals surface area contributed by atoms with Gasteiger partial charge in [-0.15, -0.1) is 0 Å². The smallest absolute Gasteiger partial charge is 0.347 e. The van der Waals surface area contributed by atoms with Crippen LogP contribution in [0.15, 0.2) is 158 Å². The van der Waals surface area contributed by atoms with E-state index in [2.05, 4.69) is 10.3 Å². The monoisotopic (exact) mass is 634 g/mol. The van der Waals surface area contributed by atoms with Crippen LogP contribution in [-0.2, 0) is 12.7 Å². The summed E-state index contributed by atoms with van der Waals surface area (Å²) in [6.45, 7) is 0.184. The summed E-state index contributed by atoms with van der Waals surface area (Å²) in [5.41, 5.74) is 4.86. The number of nitrogens with one attached hydrogen (secondary N) is 1. The SMILES string of the molecule is O=C(NCc1ccccc1)c1ncc(C(F)(F)F)c2c(-c3ccccc3)c(-c3ccccc3)c(-c3ccccc3)c(-c3ccccc3)c12. The Hall–Kier alpha value is -6.01. The van der Waals surface area contributed by atoms with Crippen molar-refractivity contribution in [3.63, 3.8) is 0 Å². The number of benzene rings is 6. The number of hydrogen-bond acceptors (Lipinski definition) is 2. The minimum absolute atomic E-state index is 0.0778. The van der Waals surface area contributed by atoms with Crippen molar-refractivity contribution in [2.45, 2.75) is 12.7 Å². The minimum Gasteiger partial charge on any atom is -0.347 e. The van der Waals surface area contributed by atoms with E-state index in [1.807, 2.05) is 152 Å². The second kappa shape index (κ2) is 13.0. The summed E-state index contributed by atoms with van der Waals surface area (Å²) in [6.07, 6.45) is -3.97. The summed E-state index contributed by atoms with van der Waals surface area (Å²) in [5, 5.41) is 2.99. The van der Waals surface area contributed by atoms with Crippen molar-refractivity contribution in [3.8, 4) is 44.5 Å². The topological polar surface area (TPSA) is 42.0 Å². The van der Waals surface area contributed by atoms with E-state index in [1.165, 1.54) is 0 Å². The number of carbonyl (C=O) groups is 1. The highest BCUT2D eigenvalue weighted by atomic mass is 19.4. The number of hydrogen-bond donors (Lipinski definition) is 1. The standard InChI is InChI=1S/C42H29F3N2O/c43-42(44,45)33-27-46-40(41(48)47-26-28-16-6-1-7-17-28)39-37(32-24-14-5-15-25-32)35(30-20-10-3-11-21-30)34(29-18-8-2-9-19-29)36(38(33)39)31-22-12-4-13-23-31/h1-25,27H,26H2,(H,47,48). The van der Waals surface area contributed by atoms with Crippen molar-refractivity contribution in [1.29, 1.82) is 0 Å². The number of rotatable bonds is 7. The molecule has 1 heterocycles. The van der Waals surface area contributed by atoms with Gasteiger partial charge in [0.05, 0.1) is 5.56 Å². The van der Waals surface area contributed by atoms with Crippen molar-refractivity contribution in [1.82, 2.24) is 10.3 Å². The second-order valence-corrected chi connectivity index (χ2v) is 11.4. The molecule has 3 nitrogen and oxygen atoms in total. The van der Waals surface area contributed by atoms with Crippen LogP contribution in [0.25, 0.3) is 55.3 Å². The zero-order chi connectivity index (χ0) is 33.1. The van der Waals surface area contributed by atoms with Gasteiger partial charge in [-0.1, -0.05) is 152 Å². The Morgan fingerprint density at radius 1 is 0.521 bits per heavy atom. The molecule has 7 rings (SSSR count). The van der Waals surface area contributed by atoms with Gasteiger partial charge >= 0.3 is 6.18 Å². The maximum absolute atomic E-state index is 15.3. The average molecular weight is 635 g/mol. The van der Waals surface area contributed by atoms with Crippen molar-refractivity contribution < 1.29 is 18.0 Å². The summed E-state index contributed by atoms with van der Waals surface area (Å²) < 4.78 is 45.8. The van der Waals surface area contributed by atoms with E-state index in [9.17, 15) is 4.79 Å². The van der Waals surface area contributed by atoms with E-state index < -0.39 is 17.6 Å². The van der Waals surface area contributed by atoms with Gasteiger partial charge in [-0.05, 0) is 44.5 Å². The molecule has 7 aromatic rings. The first kappa shape index (κ1) is 30.6. The number of aromatic nitrogens is 1. The highest BCUT2D eigenvalue weighted by molar-refractivity contribution is 6.23. The lowest BCUT2D eigenvalue weighted by atomic mass is 9.77. The Labute approximate surface area is 276 Å². The Morgan fingerprint density at radius 3 is 1.31 bits per heavy atom. The summed E-state index contributed by atoms with van der Waals surface area (Å²) in [6, 6.07) is 46.8. The first-order chi connectivity index (χ1) is 23.4. The van der Waals surface area contributed by atoms with Crippen molar-refractivity contribution in [3.05, 3.63) is 175 Å². The number of carbonyl (C=O) groups excluding carboxylic acids is 1. The normalized spacial score (nSPS) is 11.4. The van der Waals surface area contributed by atoms with Crippen LogP contribution in [0.5, 0.6) is 0 Å². The van der Waals surface area contributed by atoms with Crippen molar-refractivity contribution in [2.24, 2.45) is 0 Å². The number of nitrogens with zero attached hydrogens (tertiary/aromatic N) is 1. The third kappa shape index (κ3) is 5.84.